The van der Waals surface area contributed by atoms with Gasteiger partial charge in [0.1, 0.15) is 6.61 Å². The summed E-state index contributed by atoms with van der Waals surface area (Å²) in [5.74, 6) is -0.378. The van der Waals surface area contributed by atoms with Crippen molar-refractivity contribution < 1.29 is 19.4 Å². The van der Waals surface area contributed by atoms with E-state index in [1.807, 2.05) is 37.3 Å². The number of likely N-dealkylation sites (tertiary alicyclic amines) is 1. The van der Waals surface area contributed by atoms with Gasteiger partial charge in [0.2, 0.25) is 0 Å². The second kappa shape index (κ2) is 5.06. The highest BCUT2D eigenvalue weighted by molar-refractivity contribution is 5.79. The first-order valence-electron chi connectivity index (χ1n) is 7.22. The topological polar surface area (TPSA) is 66.8 Å². The molecule has 2 aliphatic rings. The number of benzene rings is 1. The lowest BCUT2D eigenvalue weighted by molar-refractivity contribution is -0.161. The molecule has 0 radical (unpaired) electrons. The zero-order valence-corrected chi connectivity index (χ0v) is 12.0. The van der Waals surface area contributed by atoms with Gasteiger partial charge in [0.25, 0.3) is 0 Å². The minimum atomic E-state index is -0.788. The van der Waals surface area contributed by atoms with Gasteiger partial charge in [0.15, 0.2) is 0 Å². The number of hydrogen-bond donors (Lipinski definition) is 1. The largest absolute Gasteiger partial charge is 0.481 e. The molecule has 1 amide bonds. The molecular weight excluding hydrogens is 270 g/mol. The number of carboxylic acids is 1. The number of carboxylic acid groups (broad SMARTS) is 1. The fraction of sp³-hybridized carbons (Fsp3) is 0.500. The summed E-state index contributed by atoms with van der Waals surface area (Å²) in [6, 6.07) is 9.46. The maximum absolute atomic E-state index is 12.1. The molecule has 1 saturated heterocycles. The number of ether oxygens (including phenoxy) is 1. The summed E-state index contributed by atoms with van der Waals surface area (Å²) >= 11 is 0. The standard InChI is InChI=1S/C16H19NO4/c1-11-7-16(14(18)19)10-17(8-13(11)16)15(20)21-9-12-5-3-2-4-6-12/h2-6,11,13H,7-10H2,1H3,(H,18,19)/t11-,13?,16?/m0/s1. The summed E-state index contributed by atoms with van der Waals surface area (Å²) < 4.78 is 5.29. The van der Waals surface area contributed by atoms with Crippen molar-refractivity contribution in [2.24, 2.45) is 17.3 Å². The maximum Gasteiger partial charge on any atom is 0.410 e. The van der Waals surface area contributed by atoms with E-state index in [2.05, 4.69) is 0 Å². The monoisotopic (exact) mass is 289 g/mol. The third-order valence-corrected chi connectivity index (χ3v) is 4.86. The van der Waals surface area contributed by atoms with E-state index >= 15 is 0 Å². The second-order valence-corrected chi connectivity index (χ2v) is 6.17. The summed E-state index contributed by atoms with van der Waals surface area (Å²) in [6.07, 6.45) is 0.233. The van der Waals surface area contributed by atoms with Gasteiger partial charge in [0.05, 0.1) is 5.41 Å². The molecule has 5 heteroatoms. The van der Waals surface area contributed by atoms with Gasteiger partial charge >= 0.3 is 12.1 Å². The Balaban J connectivity index is 1.61. The van der Waals surface area contributed by atoms with Crippen molar-refractivity contribution in [3.8, 4) is 0 Å². The molecule has 2 unspecified atom stereocenters. The predicted octanol–water partition coefficient (Wildman–Crippen LogP) is 2.37. The van der Waals surface area contributed by atoms with Gasteiger partial charge in [-0.2, -0.15) is 0 Å². The Kier molecular flexibility index (Phi) is 3.35. The van der Waals surface area contributed by atoms with Crippen LogP contribution in [0.4, 0.5) is 4.79 Å². The van der Waals surface area contributed by atoms with Crippen LogP contribution in [0.5, 0.6) is 0 Å². The molecule has 21 heavy (non-hydrogen) atoms. The van der Waals surface area contributed by atoms with Crippen LogP contribution in [-0.2, 0) is 16.1 Å². The van der Waals surface area contributed by atoms with E-state index in [0.717, 1.165) is 5.56 Å². The third-order valence-electron chi connectivity index (χ3n) is 4.86. The highest BCUT2D eigenvalue weighted by Gasteiger charge is 2.63. The molecule has 0 aromatic heterocycles. The first-order chi connectivity index (χ1) is 10.0. The summed E-state index contributed by atoms with van der Waals surface area (Å²) in [5.41, 5.74) is 0.180. The van der Waals surface area contributed by atoms with Crippen LogP contribution in [0.1, 0.15) is 18.9 Å². The summed E-state index contributed by atoms with van der Waals surface area (Å²) in [4.78, 5) is 25.2. The van der Waals surface area contributed by atoms with Crippen molar-refractivity contribution in [3.63, 3.8) is 0 Å². The SMILES string of the molecule is C[C@H]1CC2(C(=O)O)CN(C(=O)OCc3ccccc3)CC12. The Morgan fingerprint density at radius 3 is 2.67 bits per heavy atom. The quantitative estimate of drug-likeness (QED) is 0.927. The fourth-order valence-electron chi connectivity index (χ4n) is 3.69. The molecular formula is C16H19NO4. The smallest absolute Gasteiger partial charge is 0.410 e. The molecule has 5 nitrogen and oxygen atoms in total. The van der Waals surface area contributed by atoms with Crippen molar-refractivity contribution in [2.45, 2.75) is 20.0 Å². The van der Waals surface area contributed by atoms with E-state index in [1.54, 1.807) is 4.90 Å². The highest BCUT2D eigenvalue weighted by atomic mass is 16.6. The highest BCUT2D eigenvalue weighted by Crippen LogP contribution is 2.55. The Labute approximate surface area is 123 Å². The molecule has 0 bridgehead atoms. The molecule has 2 fully saturated rings. The molecule has 1 N–H and O–H groups in total. The average molecular weight is 289 g/mol. The van der Waals surface area contributed by atoms with E-state index in [4.69, 9.17) is 4.74 Å². The maximum atomic E-state index is 12.1. The van der Waals surface area contributed by atoms with E-state index in [0.29, 0.717) is 18.9 Å². The first-order valence-corrected chi connectivity index (χ1v) is 7.22. The molecule has 1 aromatic rings. The molecule has 1 heterocycles. The zero-order valence-electron chi connectivity index (χ0n) is 12.0. The third kappa shape index (κ3) is 2.26. The lowest BCUT2D eigenvalue weighted by Crippen LogP contribution is -2.51. The van der Waals surface area contributed by atoms with Crippen molar-refractivity contribution in [1.82, 2.24) is 4.90 Å². The number of fused-ring (bicyclic) bond motifs is 1. The number of nitrogens with zero attached hydrogens (tertiary/aromatic N) is 1. The number of aliphatic carboxylic acids is 1. The minimum Gasteiger partial charge on any atom is -0.481 e. The number of rotatable bonds is 3. The van der Waals surface area contributed by atoms with Crippen LogP contribution in [0.25, 0.3) is 0 Å². The predicted molar refractivity (Wildman–Crippen MR) is 75.5 cm³/mol. The summed E-state index contributed by atoms with van der Waals surface area (Å²) in [5, 5.41) is 9.44. The Hall–Kier alpha value is -2.04. The van der Waals surface area contributed by atoms with E-state index in [-0.39, 0.29) is 19.1 Å². The van der Waals surface area contributed by atoms with Crippen LogP contribution < -0.4 is 0 Å². The molecule has 0 spiro atoms. The molecule has 1 aromatic carbocycles. The van der Waals surface area contributed by atoms with Crippen molar-refractivity contribution in [1.29, 1.82) is 0 Å². The number of amides is 1. The van der Waals surface area contributed by atoms with Gasteiger partial charge in [-0.3, -0.25) is 4.79 Å². The summed E-state index contributed by atoms with van der Waals surface area (Å²) in [7, 11) is 0. The molecule has 1 aliphatic heterocycles. The second-order valence-electron chi connectivity index (χ2n) is 6.17. The van der Waals surface area contributed by atoms with Gasteiger partial charge in [-0.05, 0) is 23.8 Å². The van der Waals surface area contributed by atoms with Crippen molar-refractivity contribution in [2.75, 3.05) is 13.1 Å². The van der Waals surface area contributed by atoms with Gasteiger partial charge in [-0.1, -0.05) is 37.3 Å². The van der Waals surface area contributed by atoms with Crippen LogP contribution in [0, 0.1) is 17.3 Å². The Morgan fingerprint density at radius 2 is 2.10 bits per heavy atom. The number of carbonyl (C=O) groups excluding carboxylic acids is 1. The average Bonchev–Trinajstić information content (AvgIpc) is 2.80. The Morgan fingerprint density at radius 1 is 1.38 bits per heavy atom. The molecule has 1 aliphatic carbocycles. The zero-order chi connectivity index (χ0) is 15.0. The van der Waals surface area contributed by atoms with Crippen LogP contribution in [-0.4, -0.2) is 35.2 Å². The normalized spacial score (nSPS) is 30.4. The lowest BCUT2D eigenvalue weighted by Gasteiger charge is -2.45. The minimum absolute atomic E-state index is 0.0549. The van der Waals surface area contributed by atoms with E-state index < -0.39 is 17.5 Å². The van der Waals surface area contributed by atoms with Crippen molar-refractivity contribution in [3.05, 3.63) is 35.9 Å². The van der Waals surface area contributed by atoms with E-state index in [1.165, 1.54) is 0 Å². The first kappa shape index (κ1) is 13.9. The van der Waals surface area contributed by atoms with Crippen LogP contribution in [0.15, 0.2) is 30.3 Å². The molecule has 1 saturated carbocycles. The van der Waals surface area contributed by atoms with Gasteiger partial charge < -0.3 is 14.7 Å². The number of carbonyl (C=O) groups is 2. The fourth-order valence-corrected chi connectivity index (χ4v) is 3.69. The van der Waals surface area contributed by atoms with Crippen molar-refractivity contribution >= 4 is 12.1 Å². The molecule has 3 atom stereocenters. The van der Waals surface area contributed by atoms with E-state index in [9.17, 15) is 14.7 Å². The summed E-state index contributed by atoms with van der Waals surface area (Å²) in [6.45, 7) is 3.02. The van der Waals surface area contributed by atoms with Gasteiger partial charge in [-0.25, -0.2) is 4.79 Å². The van der Waals surface area contributed by atoms with Crippen LogP contribution >= 0.6 is 0 Å². The number of hydrogen-bond acceptors (Lipinski definition) is 3. The van der Waals surface area contributed by atoms with Crippen LogP contribution in [0.2, 0.25) is 0 Å². The van der Waals surface area contributed by atoms with Gasteiger partial charge in [0, 0.05) is 13.1 Å². The van der Waals surface area contributed by atoms with Gasteiger partial charge in [-0.15, -0.1) is 0 Å². The lowest BCUT2D eigenvalue weighted by atomic mass is 9.56. The molecule has 3 rings (SSSR count). The van der Waals surface area contributed by atoms with Crippen LogP contribution in [0.3, 0.4) is 0 Å². The molecule has 112 valence electrons. The Bertz CT molecular complexity index is 559.